The van der Waals surface area contributed by atoms with Crippen molar-refractivity contribution < 1.29 is 18.4 Å². The van der Waals surface area contributed by atoms with Gasteiger partial charge in [0.1, 0.15) is 24.2 Å². The lowest BCUT2D eigenvalue weighted by Crippen LogP contribution is -2.11. The Morgan fingerprint density at radius 2 is 2.05 bits per heavy atom. The maximum Gasteiger partial charge on any atom is 0.159 e. The number of ketones is 1. The van der Waals surface area contributed by atoms with E-state index in [1.54, 1.807) is 36.5 Å². The number of allylic oxidation sites excluding steroid dienone is 1. The number of hydrogen-bond acceptors (Lipinski definition) is 8. The van der Waals surface area contributed by atoms with Gasteiger partial charge >= 0.3 is 0 Å². The van der Waals surface area contributed by atoms with Crippen LogP contribution < -0.4 is 14.8 Å². The Morgan fingerprint density at radius 1 is 1.20 bits per heavy atom. The number of pyridine rings is 2. The number of fused-ring (bicyclic) bond motifs is 1. The van der Waals surface area contributed by atoms with E-state index in [0.29, 0.717) is 51.0 Å². The first-order valence-electron chi connectivity index (χ1n) is 14.0. The Kier molecular flexibility index (Phi) is 8.33. The molecule has 0 aliphatic rings. The van der Waals surface area contributed by atoms with Crippen LogP contribution in [-0.4, -0.2) is 47.9 Å². The van der Waals surface area contributed by atoms with E-state index in [1.807, 2.05) is 25.1 Å². The zero-order valence-corrected chi connectivity index (χ0v) is 23.1. The molecule has 2 aromatic heterocycles. The number of halogens is 1. The summed E-state index contributed by atoms with van der Waals surface area (Å²) in [5.74, 6) is 0.433. The van der Waals surface area contributed by atoms with E-state index in [1.165, 1.54) is 25.2 Å². The summed E-state index contributed by atoms with van der Waals surface area (Å²) in [6, 6.07) is 15.8. The largest absolute Gasteiger partial charge is 0.494 e. The van der Waals surface area contributed by atoms with Gasteiger partial charge in [0.25, 0.3) is 0 Å². The first-order valence-corrected chi connectivity index (χ1v) is 12.9. The SMILES string of the molecule is [2H]/C(=C\C(=O)Cc1cc2c(Nc3ccc(OCc4ccccn4)c(Cl)c3)c(C#N)cnc2cc1OCC)C([2H])([2H])N(C)C. The zero-order valence-electron chi connectivity index (χ0n) is 25.4. The van der Waals surface area contributed by atoms with Crippen LogP contribution in [0.2, 0.25) is 5.02 Å². The zero-order chi connectivity index (χ0) is 31.1. The molecule has 0 aliphatic carbocycles. The minimum absolute atomic E-state index is 0.151. The number of aromatic nitrogens is 2. The van der Waals surface area contributed by atoms with Crippen LogP contribution in [0.15, 0.2) is 73.1 Å². The normalized spacial score (nSPS) is 12.8. The van der Waals surface area contributed by atoms with Crippen LogP contribution in [0.4, 0.5) is 11.4 Å². The van der Waals surface area contributed by atoms with Gasteiger partial charge in [0.2, 0.25) is 0 Å². The maximum atomic E-state index is 12.9. The van der Waals surface area contributed by atoms with E-state index in [4.69, 9.17) is 25.2 Å². The van der Waals surface area contributed by atoms with Crippen LogP contribution in [0.25, 0.3) is 10.9 Å². The molecule has 4 rings (SSSR count). The van der Waals surface area contributed by atoms with Crippen LogP contribution in [0.5, 0.6) is 11.5 Å². The third-order valence-corrected chi connectivity index (χ3v) is 5.95. The fraction of sp³-hybridized carbons (Fsp3) is 0.226. The van der Waals surface area contributed by atoms with E-state index in [-0.39, 0.29) is 18.6 Å². The lowest BCUT2D eigenvalue weighted by Gasteiger charge is -2.16. The number of hydrogen-bond donors (Lipinski definition) is 1. The molecular formula is C31H30ClN5O3. The Balaban J connectivity index is 1.67. The molecular weight excluding hydrogens is 526 g/mol. The molecule has 0 saturated carbocycles. The van der Waals surface area contributed by atoms with E-state index in [2.05, 4.69) is 21.4 Å². The molecule has 40 heavy (non-hydrogen) atoms. The molecule has 0 unspecified atom stereocenters. The fourth-order valence-electron chi connectivity index (χ4n) is 3.87. The standard InChI is InChI=1S/C31H30ClN5O3/c1-4-39-30-17-28-26(15-21(30)14-25(38)9-7-13-37(2)3)31(22(18-33)19-35-28)36-23-10-11-29(27(32)16-23)40-20-24-8-5-6-12-34-24/h5-12,15-17,19H,4,13-14,20H2,1-3H3,(H,35,36)/b9-7+/i7D,13D2. The Bertz CT molecular complexity index is 1710. The van der Waals surface area contributed by atoms with Gasteiger partial charge in [-0.1, -0.05) is 23.7 Å². The summed E-state index contributed by atoms with van der Waals surface area (Å²) in [6.07, 6.45) is 3.98. The van der Waals surface area contributed by atoms with Gasteiger partial charge in [-0.2, -0.15) is 5.26 Å². The molecule has 0 spiro atoms. The van der Waals surface area contributed by atoms with Crippen molar-refractivity contribution in [1.82, 2.24) is 14.9 Å². The van der Waals surface area contributed by atoms with Crippen molar-refractivity contribution in [2.45, 2.75) is 20.0 Å². The number of carbonyl (C=O) groups is 1. The first-order chi connectivity index (χ1) is 20.5. The van der Waals surface area contributed by atoms with Crippen LogP contribution in [0.3, 0.4) is 0 Å². The molecule has 9 heteroatoms. The Morgan fingerprint density at radius 3 is 2.75 bits per heavy atom. The summed E-state index contributed by atoms with van der Waals surface area (Å²) in [5.41, 5.74) is 3.12. The summed E-state index contributed by atoms with van der Waals surface area (Å²) in [4.78, 5) is 22.8. The average Bonchev–Trinajstić information content (AvgIpc) is 2.98. The molecule has 8 nitrogen and oxygen atoms in total. The van der Waals surface area contributed by atoms with E-state index in [9.17, 15) is 10.1 Å². The maximum absolute atomic E-state index is 12.9. The number of benzene rings is 2. The second-order valence-corrected chi connectivity index (χ2v) is 9.29. The van der Waals surface area contributed by atoms with Gasteiger partial charge < -0.3 is 19.7 Å². The molecule has 1 N–H and O–H groups in total. The van der Waals surface area contributed by atoms with Crippen molar-refractivity contribution in [2.75, 3.05) is 32.5 Å². The molecule has 0 saturated heterocycles. The number of nitrogens with zero attached hydrogens (tertiary/aromatic N) is 4. The summed E-state index contributed by atoms with van der Waals surface area (Å²) in [5, 5.41) is 14.1. The summed E-state index contributed by atoms with van der Waals surface area (Å²) in [6.45, 7) is 0.298. The molecule has 0 radical (unpaired) electrons. The number of rotatable bonds is 12. The van der Waals surface area contributed by atoms with Crippen molar-refractivity contribution in [2.24, 2.45) is 0 Å². The Hall–Kier alpha value is -4.45. The second-order valence-electron chi connectivity index (χ2n) is 8.89. The minimum Gasteiger partial charge on any atom is -0.494 e. The molecule has 4 aromatic rings. The summed E-state index contributed by atoms with van der Waals surface area (Å²) < 4.78 is 35.8. The molecule has 0 atom stereocenters. The molecule has 0 bridgehead atoms. The van der Waals surface area contributed by atoms with Gasteiger partial charge in [-0.3, -0.25) is 14.8 Å². The molecule has 2 aromatic carbocycles. The number of nitrogens with one attached hydrogen (secondary N) is 1. The quantitative estimate of drug-likeness (QED) is 0.208. The molecule has 0 fully saturated rings. The minimum atomic E-state index is -2.11. The lowest BCUT2D eigenvalue weighted by atomic mass is 10.0. The highest BCUT2D eigenvalue weighted by atomic mass is 35.5. The predicted octanol–water partition coefficient (Wildman–Crippen LogP) is 6.11. The van der Waals surface area contributed by atoms with Gasteiger partial charge in [0, 0.05) is 50.8 Å². The summed E-state index contributed by atoms with van der Waals surface area (Å²) >= 11 is 6.52. The molecule has 0 aliphatic heterocycles. The van der Waals surface area contributed by atoms with E-state index in [0.717, 1.165) is 11.8 Å². The van der Waals surface area contributed by atoms with E-state index >= 15 is 0 Å². The number of likely N-dealkylation sites (N-methyl/N-ethyl adjacent to an activating group) is 1. The highest BCUT2D eigenvalue weighted by molar-refractivity contribution is 6.32. The monoisotopic (exact) mass is 558 g/mol. The lowest BCUT2D eigenvalue weighted by molar-refractivity contribution is -0.114. The van der Waals surface area contributed by atoms with Gasteiger partial charge in [-0.15, -0.1) is 0 Å². The smallest absolute Gasteiger partial charge is 0.159 e. The van der Waals surface area contributed by atoms with Crippen molar-refractivity contribution in [1.29, 1.82) is 5.26 Å². The average molecular weight is 559 g/mol. The number of carbonyl (C=O) groups excluding carboxylic acids is 1. The fourth-order valence-corrected chi connectivity index (χ4v) is 4.10. The second kappa shape index (κ2) is 13.6. The van der Waals surface area contributed by atoms with E-state index < -0.39 is 18.3 Å². The van der Waals surface area contributed by atoms with Gasteiger partial charge in [0.05, 0.1) is 35.5 Å². The van der Waals surface area contributed by atoms with Crippen molar-refractivity contribution in [3.63, 3.8) is 0 Å². The van der Waals surface area contributed by atoms with Gasteiger partial charge in [-0.25, -0.2) is 0 Å². The Labute approximate surface area is 243 Å². The van der Waals surface area contributed by atoms with Crippen molar-refractivity contribution >= 4 is 39.7 Å². The molecule has 0 amide bonds. The van der Waals surface area contributed by atoms with Gasteiger partial charge in [-0.05, 0) is 63.5 Å². The van der Waals surface area contributed by atoms with Crippen molar-refractivity contribution in [3.8, 4) is 17.6 Å². The topological polar surface area (TPSA) is 100 Å². The van der Waals surface area contributed by atoms with Gasteiger partial charge in [0.15, 0.2) is 5.78 Å². The van der Waals surface area contributed by atoms with Crippen LogP contribution in [0.1, 0.15) is 27.9 Å². The molecule has 2 heterocycles. The van der Waals surface area contributed by atoms with Crippen molar-refractivity contribution in [3.05, 3.63) is 94.9 Å². The van der Waals surface area contributed by atoms with Crippen LogP contribution >= 0.6 is 11.6 Å². The number of nitriles is 1. The van der Waals surface area contributed by atoms with Crippen LogP contribution in [0, 0.1) is 11.3 Å². The first kappa shape index (κ1) is 24.6. The predicted molar refractivity (Wildman–Crippen MR) is 157 cm³/mol. The summed E-state index contributed by atoms with van der Waals surface area (Å²) in [7, 11) is 2.99. The number of ether oxygens (including phenoxy) is 2. The highest BCUT2D eigenvalue weighted by Crippen LogP contribution is 2.36. The number of anilines is 2. The third kappa shape index (κ3) is 7.35. The molecule has 204 valence electrons. The van der Waals surface area contributed by atoms with Crippen LogP contribution in [-0.2, 0) is 17.8 Å². The third-order valence-electron chi connectivity index (χ3n) is 5.66. The highest BCUT2D eigenvalue weighted by Gasteiger charge is 2.16.